The third kappa shape index (κ3) is 3.97. The predicted octanol–water partition coefficient (Wildman–Crippen LogP) is 4.49. The molecule has 0 spiro atoms. The van der Waals surface area contributed by atoms with E-state index in [1.54, 1.807) is 0 Å². The van der Waals surface area contributed by atoms with E-state index in [9.17, 15) is 0 Å². The van der Waals surface area contributed by atoms with Crippen molar-refractivity contribution in [1.82, 2.24) is 10.2 Å². The minimum absolute atomic E-state index is 0.471. The maximum Gasteiger partial charge on any atom is 0.0551 e. The van der Waals surface area contributed by atoms with Gasteiger partial charge in [-0.05, 0) is 85.5 Å². The summed E-state index contributed by atoms with van der Waals surface area (Å²) in [5, 5.41) is 4.39. The Morgan fingerprint density at radius 2 is 2.25 bits per heavy atom. The van der Waals surface area contributed by atoms with Crippen molar-refractivity contribution in [3.8, 4) is 0 Å². The van der Waals surface area contributed by atoms with E-state index >= 15 is 0 Å². The number of halogens is 2. The third-order valence-corrected chi connectivity index (χ3v) is 5.36. The fourth-order valence-electron chi connectivity index (χ4n) is 3.16. The van der Waals surface area contributed by atoms with Crippen molar-refractivity contribution >= 4 is 27.5 Å². The van der Waals surface area contributed by atoms with Crippen LogP contribution in [0.3, 0.4) is 0 Å². The lowest BCUT2D eigenvalue weighted by molar-refractivity contribution is 0.119. The van der Waals surface area contributed by atoms with Crippen LogP contribution in [0.25, 0.3) is 0 Å². The van der Waals surface area contributed by atoms with Gasteiger partial charge < -0.3 is 5.32 Å². The second-order valence-corrected chi connectivity index (χ2v) is 6.97. The second-order valence-electron chi connectivity index (χ2n) is 5.71. The average molecular weight is 360 g/mol. The molecule has 1 heterocycles. The molecule has 1 aromatic carbocycles. The predicted molar refractivity (Wildman–Crippen MR) is 90.4 cm³/mol. The number of likely N-dealkylation sites (tertiary alicyclic amines) is 1. The maximum atomic E-state index is 6.27. The van der Waals surface area contributed by atoms with Crippen LogP contribution in [0.2, 0.25) is 5.02 Å². The molecule has 1 aromatic rings. The van der Waals surface area contributed by atoms with Crippen LogP contribution >= 0.6 is 27.5 Å². The number of hydrogen-bond donors (Lipinski definition) is 1. The Bertz CT molecular complexity index is 438. The number of nitrogens with one attached hydrogen (secondary N) is 1. The summed E-state index contributed by atoms with van der Waals surface area (Å²) in [5.74, 6) is 0.664. The molecule has 0 amide bonds. The van der Waals surface area contributed by atoms with Crippen LogP contribution in [0.15, 0.2) is 22.7 Å². The molecule has 2 rings (SSSR count). The van der Waals surface area contributed by atoms with E-state index in [1.165, 1.54) is 31.4 Å². The first-order chi connectivity index (χ1) is 9.63. The molecule has 0 aliphatic carbocycles. The number of nitrogens with zero attached hydrogens (tertiary/aromatic N) is 1. The van der Waals surface area contributed by atoms with E-state index in [2.05, 4.69) is 58.3 Å². The molecule has 1 N–H and O–H groups in total. The molecule has 20 heavy (non-hydrogen) atoms. The molecule has 1 aliphatic heterocycles. The minimum Gasteiger partial charge on any atom is -0.316 e. The fraction of sp³-hybridized carbons (Fsp3) is 0.625. The highest BCUT2D eigenvalue weighted by atomic mass is 79.9. The Kier molecular flexibility index (Phi) is 6.34. The molecule has 0 radical (unpaired) electrons. The third-order valence-electron chi connectivity index (χ3n) is 4.13. The molecule has 2 unspecified atom stereocenters. The van der Waals surface area contributed by atoms with Crippen LogP contribution in [0.1, 0.15) is 37.8 Å². The number of rotatable bonds is 5. The molecular formula is C16H24BrClN2. The van der Waals surface area contributed by atoms with Gasteiger partial charge in [0.15, 0.2) is 0 Å². The molecule has 1 fully saturated rings. The lowest BCUT2D eigenvalue weighted by Crippen LogP contribution is -2.40. The Hall–Kier alpha value is -0.0900. The topological polar surface area (TPSA) is 15.3 Å². The van der Waals surface area contributed by atoms with Crippen molar-refractivity contribution in [3.63, 3.8) is 0 Å². The van der Waals surface area contributed by atoms with Crippen LogP contribution in [0, 0.1) is 5.92 Å². The zero-order chi connectivity index (χ0) is 14.5. The van der Waals surface area contributed by atoms with Crippen molar-refractivity contribution in [3.05, 3.63) is 33.3 Å². The highest BCUT2D eigenvalue weighted by Crippen LogP contribution is 2.37. The molecule has 112 valence electrons. The molecule has 1 aliphatic rings. The van der Waals surface area contributed by atoms with Gasteiger partial charge in [-0.2, -0.15) is 0 Å². The van der Waals surface area contributed by atoms with Crippen LogP contribution < -0.4 is 5.32 Å². The summed E-state index contributed by atoms with van der Waals surface area (Å²) in [6.45, 7) is 5.58. The Balaban J connectivity index is 2.15. The molecular weight excluding hydrogens is 336 g/mol. The SMILES string of the molecule is CCCNCC1CCCN(C)C1c1ccc(Br)c(Cl)c1. The highest BCUT2D eigenvalue weighted by molar-refractivity contribution is 9.10. The smallest absolute Gasteiger partial charge is 0.0551 e. The molecule has 0 aromatic heterocycles. The van der Waals surface area contributed by atoms with E-state index < -0.39 is 0 Å². The van der Waals surface area contributed by atoms with Crippen LogP contribution in [0.5, 0.6) is 0 Å². The van der Waals surface area contributed by atoms with Crippen molar-refractivity contribution in [2.24, 2.45) is 5.92 Å². The van der Waals surface area contributed by atoms with E-state index in [4.69, 9.17) is 11.6 Å². The van der Waals surface area contributed by atoms with Crippen LogP contribution in [0.4, 0.5) is 0 Å². The molecule has 2 atom stereocenters. The van der Waals surface area contributed by atoms with Gasteiger partial charge in [0, 0.05) is 10.5 Å². The average Bonchev–Trinajstić information content (AvgIpc) is 2.43. The van der Waals surface area contributed by atoms with Gasteiger partial charge in [-0.3, -0.25) is 4.90 Å². The van der Waals surface area contributed by atoms with Gasteiger partial charge >= 0.3 is 0 Å². The van der Waals surface area contributed by atoms with Crippen molar-refractivity contribution in [1.29, 1.82) is 0 Å². The van der Waals surface area contributed by atoms with Gasteiger partial charge in [-0.25, -0.2) is 0 Å². The van der Waals surface area contributed by atoms with Gasteiger partial charge in [-0.1, -0.05) is 24.6 Å². The summed E-state index contributed by atoms with van der Waals surface area (Å²) in [6, 6.07) is 6.86. The van der Waals surface area contributed by atoms with Gasteiger partial charge in [0.05, 0.1) is 5.02 Å². The summed E-state index contributed by atoms with van der Waals surface area (Å²) in [6.07, 6.45) is 3.77. The molecule has 1 saturated heterocycles. The number of hydrogen-bond acceptors (Lipinski definition) is 2. The Morgan fingerprint density at radius 3 is 2.95 bits per heavy atom. The summed E-state index contributed by atoms with van der Waals surface area (Å²) >= 11 is 9.75. The highest BCUT2D eigenvalue weighted by Gasteiger charge is 2.30. The minimum atomic E-state index is 0.471. The summed E-state index contributed by atoms with van der Waals surface area (Å²) < 4.78 is 0.974. The summed E-state index contributed by atoms with van der Waals surface area (Å²) in [5.41, 5.74) is 1.34. The lowest BCUT2D eigenvalue weighted by atomic mass is 9.85. The van der Waals surface area contributed by atoms with E-state index in [1.807, 2.05) is 0 Å². The van der Waals surface area contributed by atoms with E-state index in [0.29, 0.717) is 12.0 Å². The van der Waals surface area contributed by atoms with Gasteiger partial charge in [0.1, 0.15) is 0 Å². The fourth-order valence-corrected chi connectivity index (χ4v) is 3.60. The van der Waals surface area contributed by atoms with Crippen molar-refractivity contribution < 1.29 is 0 Å². The summed E-state index contributed by atoms with van der Waals surface area (Å²) in [7, 11) is 2.23. The molecule has 0 saturated carbocycles. The lowest BCUT2D eigenvalue weighted by Gasteiger charge is -2.40. The summed E-state index contributed by atoms with van der Waals surface area (Å²) in [4.78, 5) is 2.47. The van der Waals surface area contributed by atoms with Gasteiger partial charge in [0.25, 0.3) is 0 Å². The normalized spacial score (nSPS) is 24.0. The first-order valence-corrected chi connectivity index (χ1v) is 8.66. The molecule has 4 heteroatoms. The Labute approximate surface area is 136 Å². The first-order valence-electron chi connectivity index (χ1n) is 7.49. The first kappa shape index (κ1) is 16.3. The standard InChI is InChI=1S/C16H24BrClN2/c1-3-8-19-11-13-5-4-9-20(2)16(13)12-6-7-14(17)15(18)10-12/h6-7,10,13,16,19H,3-5,8-9,11H2,1-2H3. The van der Waals surface area contributed by atoms with Crippen LogP contribution in [-0.4, -0.2) is 31.6 Å². The van der Waals surface area contributed by atoms with Crippen LogP contribution in [-0.2, 0) is 0 Å². The Morgan fingerprint density at radius 1 is 1.45 bits per heavy atom. The van der Waals surface area contributed by atoms with E-state index in [0.717, 1.165) is 22.6 Å². The van der Waals surface area contributed by atoms with Crippen molar-refractivity contribution in [2.45, 2.75) is 32.2 Å². The monoisotopic (exact) mass is 358 g/mol. The molecule has 0 bridgehead atoms. The number of benzene rings is 1. The largest absolute Gasteiger partial charge is 0.316 e. The zero-order valence-electron chi connectivity index (χ0n) is 12.3. The quantitative estimate of drug-likeness (QED) is 0.779. The zero-order valence-corrected chi connectivity index (χ0v) is 14.7. The maximum absolute atomic E-state index is 6.27. The van der Waals surface area contributed by atoms with Crippen molar-refractivity contribution in [2.75, 3.05) is 26.7 Å². The molecule has 2 nitrogen and oxygen atoms in total. The van der Waals surface area contributed by atoms with Gasteiger partial charge in [-0.15, -0.1) is 0 Å². The van der Waals surface area contributed by atoms with Gasteiger partial charge in [0.2, 0.25) is 0 Å². The number of piperidine rings is 1. The second kappa shape index (κ2) is 7.79. The van der Waals surface area contributed by atoms with E-state index in [-0.39, 0.29) is 0 Å².